The zero-order chi connectivity index (χ0) is 24.3. The van der Waals surface area contributed by atoms with Gasteiger partial charge in [0.25, 0.3) is 0 Å². The minimum absolute atomic E-state index is 0.0377. The van der Waals surface area contributed by atoms with E-state index in [4.69, 9.17) is 4.74 Å². The van der Waals surface area contributed by atoms with Gasteiger partial charge in [-0.05, 0) is 55.6 Å². The van der Waals surface area contributed by atoms with Crippen molar-refractivity contribution in [3.63, 3.8) is 0 Å². The average molecular weight is 469 g/mol. The Balaban J connectivity index is 1.65. The molecule has 34 heavy (non-hydrogen) atoms. The minimum atomic E-state index is -4.42. The number of ether oxygens (including phenoxy) is 1. The molecule has 0 saturated carbocycles. The van der Waals surface area contributed by atoms with Crippen LogP contribution in [-0.2, 0) is 11.0 Å². The third kappa shape index (κ3) is 5.52. The number of benzene rings is 2. The lowest BCUT2D eigenvalue weighted by Gasteiger charge is -2.35. The number of halogens is 3. The fourth-order valence-electron chi connectivity index (χ4n) is 3.43. The lowest BCUT2D eigenvalue weighted by Crippen LogP contribution is -2.51. The first-order valence-electron chi connectivity index (χ1n) is 10.4. The number of rotatable bonds is 7. The fraction of sp³-hybridized carbons (Fsp3) is 0.208. The first kappa shape index (κ1) is 23.2. The first-order chi connectivity index (χ1) is 16.2. The Morgan fingerprint density at radius 2 is 1.85 bits per heavy atom. The Hall–Kier alpha value is -3.92. The molecule has 7 nitrogen and oxygen atoms in total. The van der Waals surface area contributed by atoms with Crippen molar-refractivity contribution in [2.45, 2.75) is 12.3 Å². The lowest BCUT2D eigenvalue weighted by molar-refractivity contribution is -0.137. The summed E-state index contributed by atoms with van der Waals surface area (Å²) in [6, 6.07) is 11.4. The molecule has 4 rings (SSSR count). The summed E-state index contributed by atoms with van der Waals surface area (Å²) in [5.74, 6) is 0.347. The Bertz CT molecular complexity index is 1190. The van der Waals surface area contributed by atoms with Gasteiger partial charge in [0.05, 0.1) is 5.56 Å². The molecule has 1 amide bonds. The van der Waals surface area contributed by atoms with Crippen molar-refractivity contribution in [1.29, 1.82) is 0 Å². The smallest absolute Gasteiger partial charge is 0.416 e. The third-order valence-electron chi connectivity index (χ3n) is 5.15. The van der Waals surface area contributed by atoms with Gasteiger partial charge in [0.15, 0.2) is 5.82 Å². The Morgan fingerprint density at radius 1 is 1.15 bits per heavy atom. The van der Waals surface area contributed by atoms with Gasteiger partial charge in [0, 0.05) is 48.0 Å². The Labute approximate surface area is 194 Å². The largest absolute Gasteiger partial charge is 0.472 e. The van der Waals surface area contributed by atoms with Gasteiger partial charge in [-0.1, -0.05) is 6.58 Å². The molecule has 0 aliphatic carbocycles. The molecule has 1 saturated heterocycles. The van der Waals surface area contributed by atoms with Crippen LogP contribution in [0.4, 0.5) is 30.2 Å². The average Bonchev–Trinajstić information content (AvgIpc) is 2.79. The van der Waals surface area contributed by atoms with Gasteiger partial charge in [-0.25, -0.2) is 4.98 Å². The minimum Gasteiger partial charge on any atom is -0.472 e. The third-order valence-corrected chi connectivity index (χ3v) is 5.15. The lowest BCUT2D eigenvalue weighted by atomic mass is 10.1. The molecule has 2 heterocycles. The molecule has 1 aliphatic rings. The van der Waals surface area contributed by atoms with E-state index in [0.29, 0.717) is 34.3 Å². The van der Waals surface area contributed by atoms with Gasteiger partial charge in [0.1, 0.15) is 6.10 Å². The zero-order valence-electron chi connectivity index (χ0n) is 18.3. The van der Waals surface area contributed by atoms with Crippen molar-refractivity contribution < 1.29 is 22.7 Å². The van der Waals surface area contributed by atoms with Crippen LogP contribution in [0.1, 0.15) is 5.56 Å². The van der Waals surface area contributed by atoms with Gasteiger partial charge < -0.3 is 15.4 Å². The summed E-state index contributed by atoms with van der Waals surface area (Å²) in [5.41, 5.74) is 1.25. The van der Waals surface area contributed by atoms with E-state index in [1.54, 1.807) is 30.5 Å². The number of nitrogens with one attached hydrogen (secondary N) is 2. The molecule has 176 valence electrons. The predicted molar refractivity (Wildman–Crippen MR) is 123 cm³/mol. The molecule has 1 aliphatic heterocycles. The molecule has 0 spiro atoms. The monoisotopic (exact) mass is 469 g/mol. The number of likely N-dealkylation sites (N-methyl/N-ethyl adjacent to an activating group) is 1. The van der Waals surface area contributed by atoms with Crippen LogP contribution < -0.4 is 15.4 Å². The normalized spacial score (nSPS) is 14.2. The molecule has 10 heteroatoms. The summed E-state index contributed by atoms with van der Waals surface area (Å²) in [4.78, 5) is 22.7. The van der Waals surface area contributed by atoms with E-state index in [9.17, 15) is 18.0 Å². The SMILES string of the molecule is C=CC(=O)Nc1ccc(Nc2ccc(C(F)(F)F)cc2)c(-c2nccc(OC3CN(C)C3)n2)c1. The Morgan fingerprint density at radius 3 is 2.50 bits per heavy atom. The van der Waals surface area contributed by atoms with Crippen molar-refractivity contribution in [2.24, 2.45) is 0 Å². The quantitative estimate of drug-likeness (QED) is 0.488. The number of hydrogen-bond donors (Lipinski definition) is 2. The van der Waals surface area contributed by atoms with E-state index in [-0.39, 0.29) is 12.0 Å². The second kappa shape index (κ2) is 9.52. The van der Waals surface area contributed by atoms with E-state index >= 15 is 0 Å². The van der Waals surface area contributed by atoms with Crippen LogP contribution in [0.15, 0.2) is 67.4 Å². The van der Waals surface area contributed by atoms with E-state index in [2.05, 4.69) is 32.1 Å². The van der Waals surface area contributed by atoms with Crippen LogP contribution in [0, 0.1) is 0 Å². The summed E-state index contributed by atoms with van der Waals surface area (Å²) in [7, 11) is 1.99. The molecule has 1 fully saturated rings. The highest BCUT2D eigenvalue weighted by atomic mass is 19.4. The molecule has 0 atom stereocenters. The van der Waals surface area contributed by atoms with Crippen LogP contribution in [0.5, 0.6) is 5.88 Å². The molecule has 2 N–H and O–H groups in total. The number of hydrogen-bond acceptors (Lipinski definition) is 6. The highest BCUT2D eigenvalue weighted by molar-refractivity contribution is 5.99. The van der Waals surface area contributed by atoms with Gasteiger partial charge in [0.2, 0.25) is 11.8 Å². The number of carbonyl (C=O) groups excluding carboxylic acids is 1. The summed E-state index contributed by atoms with van der Waals surface area (Å²) in [6.45, 7) is 5.03. The van der Waals surface area contributed by atoms with Crippen LogP contribution in [0.2, 0.25) is 0 Å². The number of anilines is 3. The van der Waals surface area contributed by atoms with Crippen molar-refractivity contribution in [1.82, 2.24) is 14.9 Å². The maximum absolute atomic E-state index is 12.9. The summed E-state index contributed by atoms with van der Waals surface area (Å²) >= 11 is 0. The van der Waals surface area contributed by atoms with Gasteiger partial charge in [-0.15, -0.1) is 0 Å². The maximum Gasteiger partial charge on any atom is 0.416 e. The van der Waals surface area contributed by atoms with Crippen molar-refractivity contribution in [2.75, 3.05) is 30.8 Å². The second-order valence-electron chi connectivity index (χ2n) is 7.83. The topological polar surface area (TPSA) is 79.4 Å². The highest BCUT2D eigenvalue weighted by Gasteiger charge is 2.30. The summed E-state index contributed by atoms with van der Waals surface area (Å²) in [6.07, 6.45) is -1.67. The predicted octanol–water partition coefficient (Wildman–Crippen LogP) is 4.72. The highest BCUT2D eigenvalue weighted by Crippen LogP contribution is 2.34. The second-order valence-corrected chi connectivity index (χ2v) is 7.83. The molecule has 0 unspecified atom stereocenters. The van der Waals surface area contributed by atoms with Crippen molar-refractivity contribution in [3.05, 3.63) is 72.9 Å². The molecule has 0 bridgehead atoms. The number of amides is 1. The molecule has 0 radical (unpaired) electrons. The number of likely N-dealkylation sites (tertiary alicyclic amines) is 1. The fourth-order valence-corrected chi connectivity index (χ4v) is 3.43. The molecular weight excluding hydrogens is 447 g/mol. The van der Waals surface area contributed by atoms with E-state index in [1.165, 1.54) is 12.1 Å². The number of nitrogens with zero attached hydrogens (tertiary/aromatic N) is 3. The van der Waals surface area contributed by atoms with Crippen molar-refractivity contribution >= 4 is 23.0 Å². The molecular formula is C24H22F3N5O2. The maximum atomic E-state index is 12.9. The van der Waals surface area contributed by atoms with Crippen LogP contribution in [0.3, 0.4) is 0 Å². The summed E-state index contributed by atoms with van der Waals surface area (Å²) < 4.78 is 44.6. The summed E-state index contributed by atoms with van der Waals surface area (Å²) in [5, 5.41) is 5.79. The van der Waals surface area contributed by atoms with E-state index in [1.807, 2.05) is 7.05 Å². The van der Waals surface area contributed by atoms with Crippen LogP contribution >= 0.6 is 0 Å². The van der Waals surface area contributed by atoms with E-state index < -0.39 is 11.7 Å². The molecule has 3 aromatic rings. The number of aromatic nitrogens is 2. The van der Waals surface area contributed by atoms with Crippen molar-refractivity contribution in [3.8, 4) is 17.3 Å². The van der Waals surface area contributed by atoms with Gasteiger partial charge in [-0.3, -0.25) is 9.69 Å². The Kier molecular flexibility index (Phi) is 6.51. The molecule has 2 aromatic carbocycles. The zero-order valence-corrected chi connectivity index (χ0v) is 18.3. The van der Waals surface area contributed by atoms with Gasteiger partial charge in [-0.2, -0.15) is 18.2 Å². The number of alkyl halides is 3. The van der Waals surface area contributed by atoms with Crippen LogP contribution in [0.25, 0.3) is 11.4 Å². The van der Waals surface area contributed by atoms with Crippen LogP contribution in [-0.4, -0.2) is 47.0 Å². The standard InChI is InChI=1S/C24H22F3N5O2/c1-3-21(33)30-17-8-9-20(29-16-6-4-15(5-7-16)24(25,26)27)19(12-17)23-28-11-10-22(31-23)34-18-13-32(2)14-18/h3-12,18,29H,1,13-14H2,2H3,(H,30,33). The van der Waals surface area contributed by atoms with Gasteiger partial charge >= 0.3 is 6.18 Å². The first-order valence-corrected chi connectivity index (χ1v) is 10.4. The molecule has 1 aromatic heterocycles. The number of carbonyl (C=O) groups is 1. The van der Waals surface area contributed by atoms with E-state index in [0.717, 1.165) is 31.3 Å².